The van der Waals surface area contributed by atoms with Crippen molar-refractivity contribution in [2.45, 2.75) is 32.2 Å². The van der Waals surface area contributed by atoms with Crippen LogP contribution in [0.4, 0.5) is 0 Å². The molecule has 0 radical (unpaired) electrons. The smallest absolute Gasteiger partial charge is 0.272 e. The van der Waals surface area contributed by atoms with Gasteiger partial charge in [0.25, 0.3) is 0 Å². The fourth-order valence-electron chi connectivity index (χ4n) is 1.63. The third kappa shape index (κ3) is 1.75. The minimum absolute atomic E-state index is 0.121. The molecule has 1 fully saturated rings. The molecule has 1 saturated carbocycles. The summed E-state index contributed by atoms with van der Waals surface area (Å²) in [6, 6.07) is 0. The van der Waals surface area contributed by atoms with Crippen molar-refractivity contribution in [3.8, 4) is 0 Å². The van der Waals surface area contributed by atoms with Crippen molar-refractivity contribution < 1.29 is 0 Å². The van der Waals surface area contributed by atoms with Gasteiger partial charge >= 0.3 is 5.69 Å². The molecule has 0 saturated heterocycles. The van der Waals surface area contributed by atoms with E-state index in [1.165, 1.54) is 19.3 Å². The zero-order valence-corrected chi connectivity index (χ0v) is 8.19. The Morgan fingerprint density at radius 2 is 2.23 bits per heavy atom. The Labute approximate surface area is 81.0 Å². The predicted molar refractivity (Wildman–Crippen MR) is 52.2 cm³/mol. The van der Waals surface area contributed by atoms with Gasteiger partial charge in [0.05, 0.1) is 0 Å². The maximum atomic E-state index is 11.2. The number of nitrogens with one attached hydrogen (secondary N) is 2. The van der Waals surface area contributed by atoms with E-state index in [4.69, 9.17) is 12.2 Å². The van der Waals surface area contributed by atoms with E-state index in [1.807, 2.05) is 0 Å². The second kappa shape index (κ2) is 3.49. The maximum Gasteiger partial charge on any atom is 0.342 e. The molecule has 0 amide bonds. The SMILES string of the molecule is O=c1[nH][nH]c(=S)n1CCC1CCC1. The summed E-state index contributed by atoms with van der Waals surface area (Å²) in [4.78, 5) is 11.2. The molecular formula is C8H13N3OS. The summed E-state index contributed by atoms with van der Waals surface area (Å²) >= 11 is 4.96. The molecule has 2 rings (SSSR count). The number of nitrogens with zero attached hydrogens (tertiary/aromatic N) is 1. The molecule has 0 aliphatic heterocycles. The number of H-pyrrole nitrogens is 2. The monoisotopic (exact) mass is 199 g/mol. The molecule has 1 aliphatic carbocycles. The summed E-state index contributed by atoms with van der Waals surface area (Å²) in [5.41, 5.74) is -0.121. The van der Waals surface area contributed by atoms with Gasteiger partial charge in [-0.3, -0.25) is 9.67 Å². The summed E-state index contributed by atoms with van der Waals surface area (Å²) in [7, 11) is 0. The van der Waals surface area contributed by atoms with E-state index >= 15 is 0 Å². The van der Waals surface area contributed by atoms with E-state index in [1.54, 1.807) is 4.57 Å². The summed E-state index contributed by atoms with van der Waals surface area (Å²) in [6.45, 7) is 0.752. The van der Waals surface area contributed by atoms with Crippen LogP contribution in [0.15, 0.2) is 4.79 Å². The van der Waals surface area contributed by atoms with Gasteiger partial charge in [-0.2, -0.15) is 0 Å². The van der Waals surface area contributed by atoms with Crippen LogP contribution in [-0.4, -0.2) is 14.8 Å². The van der Waals surface area contributed by atoms with Crippen molar-refractivity contribution in [3.05, 3.63) is 15.3 Å². The van der Waals surface area contributed by atoms with Gasteiger partial charge in [0.2, 0.25) is 0 Å². The molecule has 1 aromatic rings. The molecule has 1 heterocycles. The van der Waals surface area contributed by atoms with E-state index in [0.29, 0.717) is 4.77 Å². The standard InChI is InChI=1S/C8H13N3OS/c12-7-9-10-8(13)11(7)5-4-6-2-1-3-6/h6H,1-5H2,(H,9,12)(H,10,13). The van der Waals surface area contributed by atoms with Crippen molar-refractivity contribution in [1.29, 1.82) is 0 Å². The van der Waals surface area contributed by atoms with Gasteiger partial charge in [0.15, 0.2) is 4.77 Å². The van der Waals surface area contributed by atoms with Crippen LogP contribution in [0.25, 0.3) is 0 Å². The fraction of sp³-hybridized carbons (Fsp3) is 0.750. The normalized spacial score (nSPS) is 17.2. The zero-order chi connectivity index (χ0) is 9.26. The van der Waals surface area contributed by atoms with Crippen LogP contribution < -0.4 is 5.69 Å². The molecule has 0 spiro atoms. The van der Waals surface area contributed by atoms with Crippen LogP contribution in [-0.2, 0) is 6.54 Å². The highest BCUT2D eigenvalue weighted by atomic mass is 32.1. The quantitative estimate of drug-likeness (QED) is 0.723. The highest BCUT2D eigenvalue weighted by Gasteiger charge is 2.17. The Bertz CT molecular complexity index is 357. The molecule has 72 valence electrons. The van der Waals surface area contributed by atoms with Crippen molar-refractivity contribution in [1.82, 2.24) is 14.8 Å². The second-order valence-electron chi connectivity index (χ2n) is 3.60. The highest BCUT2D eigenvalue weighted by Crippen LogP contribution is 2.29. The van der Waals surface area contributed by atoms with Crippen LogP contribution in [0.2, 0.25) is 0 Å². The van der Waals surface area contributed by atoms with Gasteiger partial charge in [-0.05, 0) is 24.6 Å². The molecule has 0 aromatic carbocycles. The lowest BCUT2D eigenvalue weighted by atomic mass is 9.83. The lowest BCUT2D eigenvalue weighted by molar-refractivity contribution is 0.281. The molecule has 5 heteroatoms. The summed E-state index contributed by atoms with van der Waals surface area (Å²) in [5.74, 6) is 0.816. The van der Waals surface area contributed by atoms with Crippen LogP contribution in [0.1, 0.15) is 25.7 Å². The lowest BCUT2D eigenvalue weighted by Gasteiger charge is -2.24. The van der Waals surface area contributed by atoms with Gasteiger partial charge in [0, 0.05) is 6.54 Å². The van der Waals surface area contributed by atoms with Crippen LogP contribution in [0, 0.1) is 10.7 Å². The molecule has 0 bridgehead atoms. The zero-order valence-electron chi connectivity index (χ0n) is 7.38. The maximum absolute atomic E-state index is 11.2. The number of aromatic nitrogens is 3. The molecule has 1 aliphatic rings. The predicted octanol–water partition coefficient (Wildman–Crippen LogP) is 1.42. The Balaban J connectivity index is 2.00. The van der Waals surface area contributed by atoms with Gasteiger partial charge in [-0.25, -0.2) is 9.89 Å². The van der Waals surface area contributed by atoms with Crippen molar-refractivity contribution in [3.63, 3.8) is 0 Å². The topological polar surface area (TPSA) is 53.6 Å². The third-order valence-electron chi connectivity index (χ3n) is 2.75. The highest BCUT2D eigenvalue weighted by molar-refractivity contribution is 7.71. The minimum atomic E-state index is -0.121. The van der Waals surface area contributed by atoms with Crippen molar-refractivity contribution in [2.24, 2.45) is 5.92 Å². The third-order valence-corrected chi connectivity index (χ3v) is 3.07. The number of aromatic amines is 2. The molecule has 4 nitrogen and oxygen atoms in total. The van der Waals surface area contributed by atoms with Gasteiger partial charge in [-0.1, -0.05) is 19.3 Å². The van der Waals surface area contributed by atoms with Crippen molar-refractivity contribution in [2.75, 3.05) is 0 Å². The van der Waals surface area contributed by atoms with Crippen molar-refractivity contribution >= 4 is 12.2 Å². The summed E-state index contributed by atoms with van der Waals surface area (Å²) < 4.78 is 2.09. The Morgan fingerprint density at radius 3 is 2.69 bits per heavy atom. The first-order valence-corrected chi connectivity index (χ1v) is 5.05. The minimum Gasteiger partial charge on any atom is -0.272 e. The Kier molecular flexibility index (Phi) is 2.35. The van der Waals surface area contributed by atoms with E-state index in [0.717, 1.165) is 18.9 Å². The van der Waals surface area contributed by atoms with Crippen LogP contribution >= 0.6 is 12.2 Å². The summed E-state index contributed by atoms with van der Waals surface area (Å²) in [6.07, 6.45) is 5.06. The van der Waals surface area contributed by atoms with Crippen LogP contribution in [0.3, 0.4) is 0 Å². The first-order chi connectivity index (χ1) is 6.27. The summed E-state index contributed by atoms with van der Waals surface area (Å²) in [5, 5.41) is 5.11. The largest absolute Gasteiger partial charge is 0.342 e. The van der Waals surface area contributed by atoms with Gasteiger partial charge in [-0.15, -0.1) is 0 Å². The molecule has 0 unspecified atom stereocenters. The number of hydrogen-bond acceptors (Lipinski definition) is 2. The van der Waals surface area contributed by atoms with Crippen LogP contribution in [0.5, 0.6) is 0 Å². The van der Waals surface area contributed by atoms with E-state index in [2.05, 4.69) is 10.2 Å². The average molecular weight is 199 g/mol. The lowest BCUT2D eigenvalue weighted by Crippen LogP contribution is -2.20. The van der Waals surface area contributed by atoms with E-state index < -0.39 is 0 Å². The van der Waals surface area contributed by atoms with Gasteiger partial charge < -0.3 is 0 Å². The number of rotatable bonds is 3. The molecule has 2 N–H and O–H groups in total. The first-order valence-electron chi connectivity index (χ1n) is 4.65. The molecular weight excluding hydrogens is 186 g/mol. The molecule has 1 aromatic heterocycles. The fourth-order valence-corrected chi connectivity index (χ4v) is 1.86. The average Bonchev–Trinajstić information content (AvgIpc) is 2.32. The second-order valence-corrected chi connectivity index (χ2v) is 3.98. The van der Waals surface area contributed by atoms with E-state index in [-0.39, 0.29) is 5.69 Å². The molecule has 0 atom stereocenters. The van der Waals surface area contributed by atoms with E-state index in [9.17, 15) is 4.79 Å². The van der Waals surface area contributed by atoms with Gasteiger partial charge in [0.1, 0.15) is 0 Å². The Morgan fingerprint density at radius 1 is 1.46 bits per heavy atom. The Hall–Kier alpha value is -0.840. The molecule has 13 heavy (non-hydrogen) atoms. The number of hydrogen-bond donors (Lipinski definition) is 2. The first kappa shape index (κ1) is 8.74.